The zero-order valence-corrected chi connectivity index (χ0v) is 8.46. The second kappa shape index (κ2) is 4.77. The van der Waals surface area contributed by atoms with Crippen molar-refractivity contribution in [2.45, 2.75) is 6.42 Å². The van der Waals surface area contributed by atoms with Crippen LogP contribution in [0.5, 0.6) is 0 Å². The molecule has 3 nitrogen and oxygen atoms in total. The molecule has 1 aliphatic heterocycles. The van der Waals surface area contributed by atoms with Gasteiger partial charge in [-0.05, 0) is 24.1 Å². The molecule has 2 rings (SSSR count). The molecule has 1 heterocycles. The third kappa shape index (κ3) is 2.94. The van der Waals surface area contributed by atoms with Gasteiger partial charge in [0.25, 0.3) is 0 Å². The number of benzene rings is 1. The third-order valence-corrected chi connectivity index (χ3v) is 2.29. The monoisotopic (exact) mass is 207 g/mol. The lowest BCUT2D eigenvalue weighted by molar-refractivity contribution is 0.627. The Balaban J connectivity index is 1.75. The molecule has 0 amide bonds. The van der Waals surface area contributed by atoms with Crippen molar-refractivity contribution >= 4 is 5.96 Å². The molecule has 0 saturated heterocycles. The van der Waals surface area contributed by atoms with Gasteiger partial charge in [0.1, 0.15) is 5.82 Å². The molecule has 0 aromatic heterocycles. The third-order valence-electron chi connectivity index (χ3n) is 2.29. The molecular weight excluding hydrogens is 193 g/mol. The second-order valence-electron chi connectivity index (χ2n) is 3.46. The Hall–Kier alpha value is -1.58. The first-order valence-corrected chi connectivity index (χ1v) is 5.11. The largest absolute Gasteiger partial charge is 0.356 e. The topological polar surface area (TPSA) is 36.4 Å². The van der Waals surface area contributed by atoms with Crippen molar-refractivity contribution in [3.8, 4) is 0 Å². The van der Waals surface area contributed by atoms with Crippen LogP contribution in [0.2, 0.25) is 0 Å². The Morgan fingerprint density at radius 3 is 2.80 bits per heavy atom. The van der Waals surface area contributed by atoms with Crippen LogP contribution in [0.3, 0.4) is 0 Å². The minimum absolute atomic E-state index is 0.187. The molecule has 0 radical (unpaired) electrons. The lowest BCUT2D eigenvalue weighted by Gasteiger charge is -2.06. The summed E-state index contributed by atoms with van der Waals surface area (Å²) < 4.78 is 12.6. The molecule has 0 fully saturated rings. The molecule has 1 aromatic carbocycles. The van der Waals surface area contributed by atoms with E-state index in [1.807, 2.05) is 0 Å². The van der Waals surface area contributed by atoms with Crippen molar-refractivity contribution in [2.75, 3.05) is 19.6 Å². The predicted octanol–water partition coefficient (Wildman–Crippen LogP) is 0.917. The number of halogens is 1. The Labute approximate surface area is 88.4 Å². The van der Waals surface area contributed by atoms with E-state index in [0.717, 1.165) is 37.6 Å². The Bertz CT molecular complexity index is 345. The summed E-state index contributed by atoms with van der Waals surface area (Å²) >= 11 is 0. The van der Waals surface area contributed by atoms with E-state index in [9.17, 15) is 4.39 Å². The fourth-order valence-electron chi connectivity index (χ4n) is 1.49. The number of hydrogen-bond acceptors (Lipinski definition) is 3. The first-order chi connectivity index (χ1) is 7.34. The molecule has 0 aliphatic carbocycles. The average molecular weight is 207 g/mol. The number of nitrogens with one attached hydrogen (secondary N) is 2. The van der Waals surface area contributed by atoms with Crippen LogP contribution in [0.4, 0.5) is 4.39 Å². The summed E-state index contributed by atoms with van der Waals surface area (Å²) in [5.74, 6) is 0.686. The molecule has 1 aliphatic rings. The van der Waals surface area contributed by atoms with Crippen molar-refractivity contribution in [3.63, 3.8) is 0 Å². The van der Waals surface area contributed by atoms with E-state index in [1.165, 1.54) is 12.1 Å². The zero-order chi connectivity index (χ0) is 10.5. The minimum atomic E-state index is -0.187. The van der Waals surface area contributed by atoms with Gasteiger partial charge in [0.2, 0.25) is 0 Å². The molecule has 80 valence electrons. The Morgan fingerprint density at radius 2 is 2.13 bits per heavy atom. The van der Waals surface area contributed by atoms with Crippen molar-refractivity contribution in [2.24, 2.45) is 4.99 Å². The standard InChI is InChI=1S/C11H14FN3/c12-10-3-1-9(2-4-10)5-6-13-11-14-7-8-15-11/h1-4H,5-8H2,(H2,13,14,15). The number of nitrogens with zero attached hydrogens (tertiary/aromatic N) is 1. The molecule has 0 atom stereocenters. The van der Waals surface area contributed by atoms with Gasteiger partial charge in [-0.2, -0.15) is 0 Å². The van der Waals surface area contributed by atoms with Crippen LogP contribution in [0.25, 0.3) is 0 Å². The maximum atomic E-state index is 12.6. The summed E-state index contributed by atoms with van der Waals surface area (Å²) in [6, 6.07) is 6.59. The highest BCUT2D eigenvalue weighted by Gasteiger charge is 2.02. The van der Waals surface area contributed by atoms with E-state index in [-0.39, 0.29) is 5.82 Å². The van der Waals surface area contributed by atoms with E-state index < -0.39 is 0 Å². The van der Waals surface area contributed by atoms with Gasteiger partial charge in [-0.15, -0.1) is 0 Å². The highest BCUT2D eigenvalue weighted by atomic mass is 19.1. The van der Waals surface area contributed by atoms with Crippen LogP contribution in [-0.2, 0) is 6.42 Å². The van der Waals surface area contributed by atoms with Crippen LogP contribution in [-0.4, -0.2) is 25.6 Å². The minimum Gasteiger partial charge on any atom is -0.356 e. The van der Waals surface area contributed by atoms with Gasteiger partial charge in [0.15, 0.2) is 5.96 Å². The van der Waals surface area contributed by atoms with E-state index >= 15 is 0 Å². The molecule has 0 bridgehead atoms. The van der Waals surface area contributed by atoms with Crippen molar-refractivity contribution in [1.29, 1.82) is 0 Å². The number of hydrogen-bond donors (Lipinski definition) is 2. The lowest BCUT2D eigenvalue weighted by Crippen LogP contribution is -2.34. The van der Waals surface area contributed by atoms with Gasteiger partial charge in [0.05, 0.1) is 6.54 Å². The quantitative estimate of drug-likeness (QED) is 0.773. The number of aliphatic imine (C=N–C) groups is 1. The van der Waals surface area contributed by atoms with Crippen LogP contribution in [0.15, 0.2) is 29.3 Å². The van der Waals surface area contributed by atoms with E-state index in [0.29, 0.717) is 0 Å². The highest BCUT2D eigenvalue weighted by Crippen LogP contribution is 2.02. The Morgan fingerprint density at radius 1 is 1.33 bits per heavy atom. The smallest absolute Gasteiger partial charge is 0.191 e. The van der Waals surface area contributed by atoms with Crippen LogP contribution < -0.4 is 10.6 Å². The summed E-state index contributed by atoms with van der Waals surface area (Å²) in [6.45, 7) is 2.58. The number of guanidine groups is 1. The first kappa shape index (κ1) is 9.96. The van der Waals surface area contributed by atoms with Gasteiger partial charge < -0.3 is 10.6 Å². The number of rotatable bonds is 3. The summed E-state index contributed by atoms with van der Waals surface area (Å²) in [5, 5.41) is 6.32. The molecule has 2 N–H and O–H groups in total. The van der Waals surface area contributed by atoms with Crippen LogP contribution in [0.1, 0.15) is 5.56 Å². The SMILES string of the molecule is Fc1ccc(CCNC2=NCCN2)cc1. The maximum absolute atomic E-state index is 12.6. The molecular formula is C11H14FN3. The van der Waals surface area contributed by atoms with Gasteiger partial charge >= 0.3 is 0 Å². The summed E-state index contributed by atoms with van der Waals surface area (Å²) in [7, 11) is 0. The zero-order valence-electron chi connectivity index (χ0n) is 8.46. The van der Waals surface area contributed by atoms with Gasteiger partial charge in [-0.1, -0.05) is 12.1 Å². The van der Waals surface area contributed by atoms with Crippen molar-refractivity contribution in [1.82, 2.24) is 10.6 Å². The van der Waals surface area contributed by atoms with E-state index in [1.54, 1.807) is 12.1 Å². The molecule has 0 unspecified atom stereocenters. The summed E-state index contributed by atoms with van der Waals surface area (Å²) in [5.41, 5.74) is 1.13. The summed E-state index contributed by atoms with van der Waals surface area (Å²) in [6.07, 6.45) is 0.876. The van der Waals surface area contributed by atoms with Crippen LogP contribution >= 0.6 is 0 Å². The van der Waals surface area contributed by atoms with E-state index in [4.69, 9.17) is 0 Å². The fourth-order valence-corrected chi connectivity index (χ4v) is 1.49. The molecule has 4 heteroatoms. The summed E-state index contributed by atoms with van der Waals surface area (Å²) in [4.78, 5) is 4.22. The molecule has 15 heavy (non-hydrogen) atoms. The lowest BCUT2D eigenvalue weighted by atomic mass is 10.1. The highest BCUT2D eigenvalue weighted by molar-refractivity contribution is 5.81. The Kier molecular flexibility index (Phi) is 3.17. The molecule has 0 spiro atoms. The fraction of sp³-hybridized carbons (Fsp3) is 0.364. The van der Waals surface area contributed by atoms with Gasteiger partial charge in [-0.25, -0.2) is 4.39 Å². The van der Waals surface area contributed by atoms with Crippen molar-refractivity contribution < 1.29 is 4.39 Å². The average Bonchev–Trinajstić information content (AvgIpc) is 2.74. The molecule has 1 aromatic rings. The first-order valence-electron chi connectivity index (χ1n) is 5.11. The van der Waals surface area contributed by atoms with Gasteiger partial charge in [-0.3, -0.25) is 4.99 Å². The predicted molar refractivity (Wildman–Crippen MR) is 58.4 cm³/mol. The van der Waals surface area contributed by atoms with E-state index in [2.05, 4.69) is 15.6 Å². The second-order valence-corrected chi connectivity index (χ2v) is 3.46. The van der Waals surface area contributed by atoms with Gasteiger partial charge in [0, 0.05) is 13.1 Å². The normalized spacial score (nSPS) is 14.6. The van der Waals surface area contributed by atoms with Crippen molar-refractivity contribution in [3.05, 3.63) is 35.6 Å². The maximum Gasteiger partial charge on any atom is 0.191 e. The van der Waals surface area contributed by atoms with Crippen LogP contribution in [0, 0.1) is 5.82 Å². The molecule has 0 saturated carbocycles.